The van der Waals surface area contributed by atoms with Crippen LogP contribution in [0.4, 0.5) is 0 Å². The van der Waals surface area contributed by atoms with E-state index in [0.29, 0.717) is 21.7 Å². The Morgan fingerprint density at radius 1 is 0.480 bits per heavy atom. The van der Waals surface area contributed by atoms with Gasteiger partial charge in [-0.3, -0.25) is 0 Å². The van der Waals surface area contributed by atoms with E-state index >= 15 is 0 Å². The second-order valence-corrected chi connectivity index (χ2v) is 9.24. The fourth-order valence-corrected chi connectivity index (χ4v) is 7.23. The molecule has 3 fully saturated rings. The maximum Gasteiger partial charge on any atom is -0.0184 e. The minimum atomic E-state index is 0.588. The van der Waals surface area contributed by atoms with Crippen molar-refractivity contribution in [2.75, 3.05) is 0 Å². The van der Waals surface area contributed by atoms with Gasteiger partial charge in [-0.05, 0) is 47.3 Å². The third-order valence-corrected chi connectivity index (χ3v) is 8.20. The summed E-state index contributed by atoms with van der Waals surface area (Å²) in [5.41, 5.74) is 2.50. The minimum Gasteiger partial charge on any atom is -0.0683 e. The molecule has 0 aromatic heterocycles. The third-order valence-electron chi connectivity index (χ3n) is 8.20. The van der Waals surface area contributed by atoms with E-state index in [1.54, 1.807) is 0 Å². The normalized spacial score (nSPS) is 26.6. The van der Waals surface area contributed by atoms with Crippen LogP contribution in [0.5, 0.6) is 0 Å². The average molecular weight is 353 g/mol. The monoisotopic (exact) mass is 352 g/mol. The second kappa shape index (κ2) is 10.4. The molecule has 0 radical (unpaired) electrons. The van der Waals surface area contributed by atoms with Crippen LogP contribution in [0.1, 0.15) is 140 Å². The van der Waals surface area contributed by atoms with Crippen molar-refractivity contribution in [1.82, 2.24) is 0 Å². The molecule has 0 nitrogen and oxygen atoms in total. The van der Waals surface area contributed by atoms with Crippen LogP contribution in [0.15, 0.2) is 0 Å². The Balaban J connectivity index is 0.000000728. The van der Waals surface area contributed by atoms with Gasteiger partial charge in [0.05, 0.1) is 0 Å². The number of rotatable bonds is 0. The van der Waals surface area contributed by atoms with Crippen LogP contribution in [0.25, 0.3) is 0 Å². The van der Waals surface area contributed by atoms with Gasteiger partial charge in [0.1, 0.15) is 0 Å². The summed E-state index contributed by atoms with van der Waals surface area (Å²) in [6.07, 6.45) is 16.2. The molecule has 25 heavy (non-hydrogen) atoms. The zero-order chi connectivity index (χ0) is 19.8. The highest BCUT2D eigenvalue weighted by Crippen LogP contribution is 2.84. The summed E-state index contributed by atoms with van der Waals surface area (Å²) < 4.78 is 0. The lowest BCUT2D eigenvalue weighted by atomic mass is 9.22. The van der Waals surface area contributed by atoms with Crippen molar-refractivity contribution in [2.45, 2.75) is 140 Å². The first kappa shape index (κ1) is 25.0. The Morgan fingerprint density at radius 3 is 0.880 bits per heavy atom. The molecule has 0 atom stereocenters. The number of hydrogen-bond donors (Lipinski definition) is 0. The van der Waals surface area contributed by atoms with E-state index in [1.807, 2.05) is 27.7 Å². The van der Waals surface area contributed by atoms with E-state index in [-0.39, 0.29) is 0 Å². The van der Waals surface area contributed by atoms with Crippen LogP contribution in [0.2, 0.25) is 0 Å². The van der Waals surface area contributed by atoms with Crippen LogP contribution in [-0.4, -0.2) is 0 Å². The largest absolute Gasteiger partial charge is 0.0683 e. The summed E-state index contributed by atoms with van der Waals surface area (Å²) in [4.78, 5) is 0. The lowest BCUT2D eigenvalue weighted by molar-refractivity contribution is -0.339. The standard InChI is InChI=1S/C18H32.C3H8.2C2H6/c1-15(2)17(11-7-5-8-12-17)16(3,4)18(15)13-9-6-10-14-18;1-3-2;2*1-2/h5-14H2,1-4H3;3H2,1-2H3;2*1-2H3. The highest BCUT2D eigenvalue weighted by molar-refractivity contribution is 5.25. The molecule has 0 heteroatoms. The van der Waals surface area contributed by atoms with Gasteiger partial charge in [-0.25, -0.2) is 0 Å². The van der Waals surface area contributed by atoms with Gasteiger partial charge in [0.15, 0.2) is 0 Å². The molecular weight excluding hydrogens is 300 g/mol. The van der Waals surface area contributed by atoms with E-state index in [2.05, 4.69) is 41.5 Å². The van der Waals surface area contributed by atoms with Crippen molar-refractivity contribution >= 4 is 0 Å². The van der Waals surface area contributed by atoms with Gasteiger partial charge in [0.25, 0.3) is 0 Å². The van der Waals surface area contributed by atoms with Crippen LogP contribution >= 0.6 is 0 Å². The molecule has 0 aromatic carbocycles. The van der Waals surface area contributed by atoms with Crippen LogP contribution in [-0.2, 0) is 0 Å². The quantitative estimate of drug-likeness (QED) is 0.407. The van der Waals surface area contributed by atoms with Crippen molar-refractivity contribution in [2.24, 2.45) is 21.7 Å². The zero-order valence-corrected chi connectivity index (χ0v) is 19.8. The van der Waals surface area contributed by atoms with Crippen LogP contribution in [0, 0.1) is 21.7 Å². The minimum absolute atomic E-state index is 0.588. The first-order valence-corrected chi connectivity index (χ1v) is 11.8. The molecular formula is C25H52. The Hall–Kier alpha value is 0. The van der Waals surface area contributed by atoms with Gasteiger partial charge in [-0.1, -0.05) is 114 Å². The topological polar surface area (TPSA) is 0 Å². The summed E-state index contributed by atoms with van der Waals surface area (Å²) in [5, 5.41) is 0. The van der Waals surface area contributed by atoms with E-state index in [9.17, 15) is 0 Å². The molecule has 0 N–H and O–H groups in total. The fraction of sp³-hybridized carbons (Fsp3) is 1.00. The van der Waals surface area contributed by atoms with Gasteiger partial charge in [0, 0.05) is 0 Å². The van der Waals surface area contributed by atoms with Gasteiger partial charge in [0.2, 0.25) is 0 Å². The van der Waals surface area contributed by atoms with Crippen molar-refractivity contribution in [1.29, 1.82) is 0 Å². The molecule has 0 amide bonds. The highest BCUT2D eigenvalue weighted by Gasteiger charge is 2.77. The number of hydrogen-bond acceptors (Lipinski definition) is 0. The molecule has 3 rings (SSSR count). The van der Waals surface area contributed by atoms with Crippen LogP contribution in [0.3, 0.4) is 0 Å². The summed E-state index contributed by atoms with van der Waals surface area (Å²) in [6.45, 7) is 22.8. The van der Waals surface area contributed by atoms with Gasteiger partial charge in [-0.15, -0.1) is 0 Å². The molecule has 0 bridgehead atoms. The van der Waals surface area contributed by atoms with Crippen molar-refractivity contribution in [3.8, 4) is 0 Å². The molecule has 0 unspecified atom stereocenters. The molecule has 3 aliphatic rings. The Bertz CT molecular complexity index is 285. The Kier molecular flexibility index (Phi) is 10.4. The summed E-state index contributed by atoms with van der Waals surface area (Å²) in [5.74, 6) is 0. The smallest absolute Gasteiger partial charge is 0.0184 e. The van der Waals surface area contributed by atoms with E-state index in [0.717, 1.165) is 0 Å². The van der Waals surface area contributed by atoms with Crippen molar-refractivity contribution in [3.05, 3.63) is 0 Å². The molecule has 3 saturated carbocycles. The molecule has 152 valence electrons. The predicted molar refractivity (Wildman–Crippen MR) is 117 cm³/mol. The molecule has 0 heterocycles. The highest BCUT2D eigenvalue weighted by atomic mass is 14.8. The van der Waals surface area contributed by atoms with E-state index in [4.69, 9.17) is 0 Å². The third kappa shape index (κ3) is 3.70. The molecule has 0 saturated heterocycles. The predicted octanol–water partition coefficient (Wildman–Crippen LogP) is 9.42. The summed E-state index contributed by atoms with van der Waals surface area (Å²) >= 11 is 0. The lowest BCUT2D eigenvalue weighted by Crippen LogP contribution is -2.75. The second-order valence-electron chi connectivity index (χ2n) is 9.24. The van der Waals surface area contributed by atoms with E-state index < -0.39 is 0 Å². The summed E-state index contributed by atoms with van der Waals surface area (Å²) in [7, 11) is 0. The summed E-state index contributed by atoms with van der Waals surface area (Å²) in [6, 6.07) is 0. The molecule has 2 spiro atoms. The maximum absolute atomic E-state index is 2.63. The molecule has 3 aliphatic carbocycles. The maximum atomic E-state index is 2.63. The van der Waals surface area contributed by atoms with Gasteiger partial charge < -0.3 is 0 Å². The van der Waals surface area contributed by atoms with E-state index in [1.165, 1.54) is 70.6 Å². The zero-order valence-electron chi connectivity index (χ0n) is 19.8. The fourth-order valence-electron chi connectivity index (χ4n) is 7.23. The van der Waals surface area contributed by atoms with Crippen molar-refractivity contribution in [3.63, 3.8) is 0 Å². The van der Waals surface area contributed by atoms with Crippen molar-refractivity contribution < 1.29 is 0 Å². The van der Waals surface area contributed by atoms with Gasteiger partial charge >= 0.3 is 0 Å². The van der Waals surface area contributed by atoms with Gasteiger partial charge in [-0.2, -0.15) is 0 Å². The van der Waals surface area contributed by atoms with Crippen LogP contribution < -0.4 is 0 Å². The Labute approximate surface area is 161 Å². The Morgan fingerprint density at radius 2 is 0.680 bits per heavy atom. The lowest BCUT2D eigenvalue weighted by Gasteiger charge is -2.82. The SMILES string of the molecule is CC.CC.CC1(C)C2(CCCCC2)C(C)(C)C12CCCCC2.CCC. The molecule has 0 aromatic rings. The first-order chi connectivity index (χ1) is 11.8. The molecule has 0 aliphatic heterocycles. The first-order valence-electron chi connectivity index (χ1n) is 11.8. The average Bonchev–Trinajstić information content (AvgIpc) is 2.66.